The quantitative estimate of drug-likeness (QED) is 0.844. The van der Waals surface area contributed by atoms with Gasteiger partial charge in [0.05, 0.1) is 5.69 Å². The Morgan fingerprint density at radius 1 is 1.39 bits per heavy atom. The summed E-state index contributed by atoms with van der Waals surface area (Å²) in [4.78, 5) is 14.3. The van der Waals surface area contributed by atoms with Crippen molar-refractivity contribution >= 4 is 0 Å². The molecule has 2 heterocycles. The lowest BCUT2D eigenvalue weighted by atomic mass is 9.90. The first-order chi connectivity index (χ1) is 8.69. The van der Waals surface area contributed by atoms with Crippen molar-refractivity contribution < 1.29 is 0 Å². The third kappa shape index (κ3) is 1.78. The number of hydrogen-bond acceptors (Lipinski definition) is 2. The maximum Gasteiger partial charge on any atom is 0.330 e. The molecule has 1 aromatic carbocycles. The van der Waals surface area contributed by atoms with Crippen LogP contribution < -0.4 is 11.0 Å². The zero-order valence-electron chi connectivity index (χ0n) is 10.4. The molecule has 1 aromatic heterocycles. The third-order valence-electron chi connectivity index (χ3n) is 3.78. The summed E-state index contributed by atoms with van der Waals surface area (Å²) in [5.74, 6) is 0. The van der Waals surface area contributed by atoms with Crippen LogP contribution in [0, 0.1) is 0 Å². The van der Waals surface area contributed by atoms with E-state index in [-0.39, 0.29) is 11.2 Å². The SMILES string of the molecule is CC1(c2cccc(-n3cc[nH]c3=O)c2)CCCN1. The normalized spacial score (nSPS) is 23.4. The summed E-state index contributed by atoms with van der Waals surface area (Å²) >= 11 is 0. The summed E-state index contributed by atoms with van der Waals surface area (Å²) in [6.07, 6.45) is 5.75. The van der Waals surface area contributed by atoms with E-state index in [1.807, 2.05) is 12.1 Å². The first-order valence-electron chi connectivity index (χ1n) is 6.31. The van der Waals surface area contributed by atoms with Crippen LogP contribution in [0.3, 0.4) is 0 Å². The monoisotopic (exact) mass is 243 g/mol. The largest absolute Gasteiger partial charge is 0.330 e. The smallest absolute Gasteiger partial charge is 0.312 e. The zero-order valence-corrected chi connectivity index (χ0v) is 10.4. The van der Waals surface area contributed by atoms with E-state index in [1.165, 1.54) is 12.0 Å². The van der Waals surface area contributed by atoms with Gasteiger partial charge in [-0.2, -0.15) is 0 Å². The van der Waals surface area contributed by atoms with Crippen LogP contribution in [0.4, 0.5) is 0 Å². The molecule has 18 heavy (non-hydrogen) atoms. The molecule has 0 bridgehead atoms. The summed E-state index contributed by atoms with van der Waals surface area (Å²) in [5.41, 5.74) is 2.09. The van der Waals surface area contributed by atoms with Crippen molar-refractivity contribution in [3.63, 3.8) is 0 Å². The van der Waals surface area contributed by atoms with Gasteiger partial charge >= 0.3 is 5.69 Å². The first-order valence-corrected chi connectivity index (χ1v) is 6.31. The van der Waals surface area contributed by atoms with E-state index in [0.29, 0.717) is 0 Å². The molecule has 94 valence electrons. The van der Waals surface area contributed by atoms with Gasteiger partial charge in [-0.1, -0.05) is 12.1 Å². The van der Waals surface area contributed by atoms with Crippen LogP contribution in [0.2, 0.25) is 0 Å². The summed E-state index contributed by atoms with van der Waals surface area (Å²) in [7, 11) is 0. The number of H-pyrrole nitrogens is 1. The molecule has 0 amide bonds. The molecule has 2 N–H and O–H groups in total. The van der Waals surface area contributed by atoms with E-state index in [4.69, 9.17) is 0 Å². The molecule has 1 aliphatic rings. The van der Waals surface area contributed by atoms with Crippen LogP contribution in [0.25, 0.3) is 5.69 Å². The Hall–Kier alpha value is -1.81. The Bertz CT molecular complexity index is 605. The fourth-order valence-electron chi connectivity index (χ4n) is 2.66. The van der Waals surface area contributed by atoms with Crippen LogP contribution in [0.5, 0.6) is 0 Å². The van der Waals surface area contributed by atoms with Gasteiger partial charge in [-0.05, 0) is 44.0 Å². The number of aromatic nitrogens is 2. The second kappa shape index (κ2) is 4.14. The van der Waals surface area contributed by atoms with Crippen molar-refractivity contribution in [3.05, 3.63) is 52.7 Å². The minimum Gasteiger partial charge on any atom is -0.312 e. The minimum absolute atomic E-state index is 0.0376. The lowest BCUT2D eigenvalue weighted by Crippen LogP contribution is -2.33. The van der Waals surface area contributed by atoms with Crippen LogP contribution in [0.1, 0.15) is 25.3 Å². The van der Waals surface area contributed by atoms with Gasteiger partial charge in [0.1, 0.15) is 0 Å². The molecule has 2 aromatic rings. The van der Waals surface area contributed by atoms with Crippen molar-refractivity contribution in [2.24, 2.45) is 0 Å². The Kier molecular flexibility index (Phi) is 2.59. The van der Waals surface area contributed by atoms with Crippen molar-refractivity contribution in [2.75, 3.05) is 6.54 Å². The number of imidazole rings is 1. The van der Waals surface area contributed by atoms with Crippen LogP contribution in [-0.4, -0.2) is 16.1 Å². The van der Waals surface area contributed by atoms with E-state index < -0.39 is 0 Å². The highest BCUT2D eigenvalue weighted by Crippen LogP contribution is 2.30. The summed E-state index contributed by atoms with van der Waals surface area (Å²) < 4.78 is 1.63. The predicted octanol–water partition coefficient (Wildman–Crippen LogP) is 1.76. The fourth-order valence-corrected chi connectivity index (χ4v) is 2.66. The number of nitrogens with one attached hydrogen (secondary N) is 2. The second-order valence-corrected chi connectivity index (χ2v) is 5.05. The Morgan fingerprint density at radius 3 is 2.94 bits per heavy atom. The van der Waals surface area contributed by atoms with E-state index >= 15 is 0 Å². The van der Waals surface area contributed by atoms with E-state index in [0.717, 1.165) is 18.7 Å². The van der Waals surface area contributed by atoms with Gasteiger partial charge in [0.25, 0.3) is 0 Å². The Morgan fingerprint density at radius 2 is 2.28 bits per heavy atom. The molecule has 1 saturated heterocycles. The van der Waals surface area contributed by atoms with Crippen molar-refractivity contribution in [2.45, 2.75) is 25.3 Å². The lowest BCUT2D eigenvalue weighted by Gasteiger charge is -2.25. The van der Waals surface area contributed by atoms with Gasteiger partial charge in [-0.25, -0.2) is 4.79 Å². The third-order valence-corrected chi connectivity index (χ3v) is 3.78. The summed E-state index contributed by atoms with van der Waals surface area (Å²) in [6.45, 7) is 3.28. The molecule has 4 heteroatoms. The molecule has 1 aliphatic heterocycles. The van der Waals surface area contributed by atoms with Gasteiger partial charge in [0.2, 0.25) is 0 Å². The highest BCUT2D eigenvalue weighted by molar-refractivity contribution is 5.39. The van der Waals surface area contributed by atoms with Crippen LogP contribution >= 0.6 is 0 Å². The molecule has 0 radical (unpaired) electrons. The maximum atomic E-state index is 11.6. The molecule has 0 aliphatic carbocycles. The predicted molar refractivity (Wildman–Crippen MR) is 71.0 cm³/mol. The average Bonchev–Trinajstić information content (AvgIpc) is 2.99. The number of benzene rings is 1. The average molecular weight is 243 g/mol. The van der Waals surface area contributed by atoms with E-state index in [1.54, 1.807) is 17.0 Å². The molecular formula is C14H17N3O. The molecule has 3 rings (SSSR count). The van der Waals surface area contributed by atoms with Gasteiger partial charge in [-0.3, -0.25) is 4.57 Å². The standard InChI is InChI=1S/C14H17N3O/c1-14(6-3-7-16-14)11-4-2-5-12(10-11)17-9-8-15-13(17)18/h2,4-5,8-10,16H,3,6-7H2,1H3,(H,15,18). The molecule has 0 spiro atoms. The Balaban J connectivity index is 2.04. The number of hydrogen-bond donors (Lipinski definition) is 2. The maximum absolute atomic E-state index is 11.6. The van der Waals surface area contributed by atoms with E-state index in [2.05, 4.69) is 29.4 Å². The van der Waals surface area contributed by atoms with Crippen molar-refractivity contribution in [1.29, 1.82) is 0 Å². The minimum atomic E-state index is -0.100. The molecule has 1 fully saturated rings. The van der Waals surface area contributed by atoms with E-state index in [9.17, 15) is 4.79 Å². The van der Waals surface area contributed by atoms with Crippen LogP contribution in [-0.2, 0) is 5.54 Å². The summed E-state index contributed by atoms with van der Waals surface area (Å²) in [5, 5.41) is 3.54. The van der Waals surface area contributed by atoms with Gasteiger partial charge in [0.15, 0.2) is 0 Å². The first kappa shape index (κ1) is 11.3. The second-order valence-electron chi connectivity index (χ2n) is 5.05. The van der Waals surface area contributed by atoms with Gasteiger partial charge in [-0.15, -0.1) is 0 Å². The summed E-state index contributed by atoms with van der Waals surface area (Å²) in [6, 6.07) is 8.18. The highest BCUT2D eigenvalue weighted by Gasteiger charge is 2.29. The Labute approximate surface area is 106 Å². The number of rotatable bonds is 2. The molecule has 0 saturated carbocycles. The lowest BCUT2D eigenvalue weighted by molar-refractivity contribution is 0.434. The molecule has 1 atom stereocenters. The fraction of sp³-hybridized carbons (Fsp3) is 0.357. The van der Waals surface area contributed by atoms with Gasteiger partial charge in [0, 0.05) is 17.9 Å². The highest BCUT2D eigenvalue weighted by atomic mass is 16.1. The molecular weight excluding hydrogens is 226 g/mol. The topological polar surface area (TPSA) is 49.8 Å². The number of nitrogens with zero attached hydrogens (tertiary/aromatic N) is 1. The number of aromatic amines is 1. The molecule has 1 unspecified atom stereocenters. The zero-order chi connectivity index (χ0) is 12.6. The van der Waals surface area contributed by atoms with Crippen molar-refractivity contribution in [3.8, 4) is 5.69 Å². The van der Waals surface area contributed by atoms with Crippen molar-refractivity contribution in [1.82, 2.24) is 14.9 Å². The molecule has 4 nitrogen and oxygen atoms in total. The van der Waals surface area contributed by atoms with Gasteiger partial charge < -0.3 is 10.3 Å². The van der Waals surface area contributed by atoms with Crippen LogP contribution in [0.15, 0.2) is 41.5 Å².